The molecule has 3 heterocycles. The molecule has 0 saturated carbocycles. The van der Waals surface area contributed by atoms with Crippen LogP contribution in [0.25, 0.3) is 11.2 Å². The van der Waals surface area contributed by atoms with E-state index in [9.17, 15) is 10.1 Å². The van der Waals surface area contributed by atoms with Crippen LogP contribution in [0.5, 0.6) is 5.75 Å². The van der Waals surface area contributed by atoms with Crippen LogP contribution >= 0.6 is 11.8 Å². The molecular formula is C22H25N7O3S. The van der Waals surface area contributed by atoms with E-state index in [-0.39, 0.29) is 11.4 Å². The van der Waals surface area contributed by atoms with Gasteiger partial charge in [-0.05, 0) is 43.4 Å². The minimum absolute atomic E-state index is 0.113. The third kappa shape index (κ3) is 5.02. The van der Waals surface area contributed by atoms with E-state index in [1.54, 1.807) is 36.5 Å². The molecule has 3 aromatic rings. The number of aryl methyl sites for hydroxylation is 1. The molecule has 1 fully saturated rings. The highest BCUT2D eigenvalue weighted by atomic mass is 32.2. The highest BCUT2D eigenvalue weighted by Gasteiger charge is 2.22. The van der Waals surface area contributed by atoms with Crippen molar-refractivity contribution < 1.29 is 14.6 Å². The predicted octanol–water partition coefficient (Wildman–Crippen LogP) is 1.89. The number of aliphatic hydroxyl groups is 1. The maximum atomic E-state index is 11.6. The molecule has 4 rings (SSSR count). The zero-order chi connectivity index (χ0) is 23.4. The Morgan fingerprint density at radius 3 is 2.91 bits per heavy atom. The van der Waals surface area contributed by atoms with Crippen LogP contribution in [0.15, 0.2) is 34.6 Å². The van der Waals surface area contributed by atoms with Crippen molar-refractivity contribution >= 4 is 28.8 Å². The van der Waals surface area contributed by atoms with Gasteiger partial charge in [-0.15, -0.1) is 0 Å². The number of aromatic nitrogens is 4. The van der Waals surface area contributed by atoms with Gasteiger partial charge in [0.15, 0.2) is 16.3 Å². The van der Waals surface area contributed by atoms with Crippen molar-refractivity contribution in [2.24, 2.45) is 5.92 Å². The predicted molar refractivity (Wildman–Crippen MR) is 121 cm³/mol. The van der Waals surface area contributed by atoms with Gasteiger partial charge in [0.05, 0.1) is 19.0 Å². The van der Waals surface area contributed by atoms with E-state index >= 15 is 0 Å². The number of carbonyl (C=O) groups is 1. The first-order chi connectivity index (χ1) is 16.0. The SMILES string of the molecule is COc1ccc(C#N)c(Sc2nc3c([nH]2)c(=N)ncn3CCC2CCN(C(=O)CO)CC2)c1. The molecule has 1 aliphatic rings. The fraction of sp³-hybridized carbons (Fsp3) is 0.409. The summed E-state index contributed by atoms with van der Waals surface area (Å²) in [5.41, 5.74) is 1.82. The molecule has 2 aromatic heterocycles. The number of carbonyl (C=O) groups excluding carboxylic acids is 1. The maximum Gasteiger partial charge on any atom is 0.248 e. The van der Waals surface area contributed by atoms with Gasteiger partial charge < -0.3 is 24.3 Å². The number of likely N-dealkylation sites (tertiary alicyclic amines) is 1. The van der Waals surface area contributed by atoms with Crippen molar-refractivity contribution in [2.45, 2.75) is 35.9 Å². The average Bonchev–Trinajstić information content (AvgIpc) is 3.28. The number of hydrogen-bond donors (Lipinski definition) is 3. The number of H-pyrrole nitrogens is 1. The van der Waals surface area contributed by atoms with Gasteiger partial charge in [0.25, 0.3) is 0 Å². The molecular weight excluding hydrogens is 442 g/mol. The minimum Gasteiger partial charge on any atom is -0.497 e. The lowest BCUT2D eigenvalue weighted by atomic mass is 9.93. The second-order valence-corrected chi connectivity index (χ2v) is 8.90. The molecule has 0 aliphatic carbocycles. The van der Waals surface area contributed by atoms with Crippen LogP contribution in [-0.2, 0) is 11.3 Å². The molecule has 33 heavy (non-hydrogen) atoms. The summed E-state index contributed by atoms with van der Waals surface area (Å²) in [6, 6.07) is 7.42. The average molecular weight is 468 g/mol. The number of rotatable bonds is 7. The van der Waals surface area contributed by atoms with Crippen molar-refractivity contribution in [1.82, 2.24) is 24.4 Å². The normalized spacial score (nSPS) is 14.4. The molecule has 0 spiro atoms. The van der Waals surface area contributed by atoms with Crippen molar-refractivity contribution in [2.75, 3.05) is 26.8 Å². The Balaban J connectivity index is 1.50. The van der Waals surface area contributed by atoms with Crippen molar-refractivity contribution in [3.05, 3.63) is 35.6 Å². The lowest BCUT2D eigenvalue weighted by Gasteiger charge is -2.31. The van der Waals surface area contributed by atoms with Gasteiger partial charge in [-0.3, -0.25) is 10.2 Å². The maximum absolute atomic E-state index is 11.6. The van der Waals surface area contributed by atoms with Crippen molar-refractivity contribution in [1.29, 1.82) is 10.7 Å². The molecule has 1 aromatic carbocycles. The molecule has 3 N–H and O–H groups in total. The molecule has 1 saturated heterocycles. The van der Waals surface area contributed by atoms with Gasteiger partial charge in [0, 0.05) is 24.5 Å². The Morgan fingerprint density at radius 2 is 2.21 bits per heavy atom. The number of imidazole rings is 1. The Hall–Kier alpha value is -3.36. The number of amides is 1. The zero-order valence-electron chi connectivity index (χ0n) is 18.2. The highest BCUT2D eigenvalue weighted by molar-refractivity contribution is 7.99. The molecule has 10 nitrogen and oxygen atoms in total. The number of piperidine rings is 1. The Morgan fingerprint density at radius 1 is 1.42 bits per heavy atom. The molecule has 11 heteroatoms. The first-order valence-corrected chi connectivity index (χ1v) is 11.5. The van der Waals surface area contributed by atoms with E-state index in [1.165, 1.54) is 11.8 Å². The molecule has 0 bridgehead atoms. The van der Waals surface area contributed by atoms with Gasteiger partial charge in [0.2, 0.25) is 5.91 Å². The van der Waals surface area contributed by atoms with Crippen LogP contribution in [0, 0.1) is 22.7 Å². The summed E-state index contributed by atoms with van der Waals surface area (Å²) in [7, 11) is 1.58. The molecule has 1 aliphatic heterocycles. The zero-order valence-corrected chi connectivity index (χ0v) is 19.1. The minimum atomic E-state index is -0.436. The number of nitrogens with one attached hydrogen (secondary N) is 2. The Kier molecular flexibility index (Phi) is 6.96. The summed E-state index contributed by atoms with van der Waals surface area (Å²) >= 11 is 1.31. The molecule has 1 amide bonds. The summed E-state index contributed by atoms with van der Waals surface area (Å²) in [5.74, 6) is 0.905. The van der Waals surface area contributed by atoms with E-state index in [0.717, 1.165) is 19.3 Å². The molecule has 0 atom stereocenters. The van der Waals surface area contributed by atoms with Crippen molar-refractivity contribution in [3.63, 3.8) is 0 Å². The summed E-state index contributed by atoms with van der Waals surface area (Å²) in [4.78, 5) is 26.1. The van der Waals surface area contributed by atoms with E-state index in [1.807, 2.05) is 4.57 Å². The Labute approximate surface area is 194 Å². The van der Waals surface area contributed by atoms with Gasteiger partial charge in [-0.2, -0.15) is 5.26 Å². The standard InChI is InChI=1S/C22H25N7O3S/c1-32-16-3-2-15(11-23)17(10-16)33-22-26-19-20(24)25-13-29(21(19)27-22)9-6-14-4-7-28(8-5-14)18(31)12-30/h2-3,10,13-14,24,30H,4-9,12H2,1H3,(H,26,27). The van der Waals surface area contributed by atoms with Crippen LogP contribution in [0.2, 0.25) is 0 Å². The van der Waals surface area contributed by atoms with Crippen LogP contribution in [0.3, 0.4) is 0 Å². The second kappa shape index (κ2) is 10.1. The molecule has 0 radical (unpaired) electrons. The van der Waals surface area contributed by atoms with E-state index in [2.05, 4.69) is 21.0 Å². The fourth-order valence-corrected chi connectivity index (χ4v) is 4.87. The van der Waals surface area contributed by atoms with Gasteiger partial charge in [0.1, 0.15) is 23.9 Å². The number of aliphatic hydroxyl groups excluding tert-OH is 1. The number of methoxy groups -OCH3 is 1. The number of nitrogens with zero attached hydrogens (tertiary/aromatic N) is 5. The first-order valence-electron chi connectivity index (χ1n) is 10.7. The van der Waals surface area contributed by atoms with E-state index in [0.29, 0.717) is 58.1 Å². The summed E-state index contributed by atoms with van der Waals surface area (Å²) in [6.07, 6.45) is 4.34. The molecule has 0 unspecified atom stereocenters. The number of fused-ring (bicyclic) bond motifs is 1. The first kappa shape index (κ1) is 22.8. The van der Waals surface area contributed by atoms with Crippen molar-refractivity contribution in [3.8, 4) is 11.8 Å². The lowest BCUT2D eigenvalue weighted by molar-refractivity contribution is -0.135. The van der Waals surface area contributed by atoms with E-state index in [4.69, 9.17) is 15.3 Å². The summed E-state index contributed by atoms with van der Waals surface area (Å²) in [5, 5.41) is 27.2. The van der Waals surface area contributed by atoms with Crippen LogP contribution in [0.1, 0.15) is 24.8 Å². The Bertz CT molecular complexity index is 1260. The monoisotopic (exact) mass is 467 g/mol. The fourth-order valence-electron chi connectivity index (χ4n) is 3.98. The third-order valence-corrected chi connectivity index (χ3v) is 6.84. The summed E-state index contributed by atoms with van der Waals surface area (Å²) < 4.78 is 7.21. The van der Waals surface area contributed by atoms with Crippen LogP contribution in [-0.4, -0.2) is 62.2 Å². The number of ether oxygens (including phenoxy) is 1. The number of nitriles is 1. The van der Waals surface area contributed by atoms with E-state index < -0.39 is 6.61 Å². The lowest BCUT2D eigenvalue weighted by Crippen LogP contribution is -2.40. The summed E-state index contributed by atoms with van der Waals surface area (Å²) in [6.45, 7) is 1.59. The van der Waals surface area contributed by atoms with Gasteiger partial charge >= 0.3 is 0 Å². The quantitative estimate of drug-likeness (QED) is 0.481. The molecule has 172 valence electrons. The highest BCUT2D eigenvalue weighted by Crippen LogP contribution is 2.32. The smallest absolute Gasteiger partial charge is 0.248 e. The third-order valence-electron chi connectivity index (χ3n) is 5.89. The number of benzene rings is 1. The van der Waals surface area contributed by atoms with Gasteiger partial charge in [-0.25, -0.2) is 9.97 Å². The number of aromatic amines is 1. The second-order valence-electron chi connectivity index (χ2n) is 7.87. The van der Waals surface area contributed by atoms with Crippen LogP contribution < -0.4 is 10.2 Å². The number of hydrogen-bond acceptors (Lipinski definition) is 8. The van der Waals surface area contributed by atoms with Gasteiger partial charge in [-0.1, -0.05) is 11.8 Å². The topological polar surface area (TPSA) is 144 Å². The van der Waals surface area contributed by atoms with Crippen LogP contribution in [0.4, 0.5) is 0 Å². The largest absolute Gasteiger partial charge is 0.497 e.